The summed E-state index contributed by atoms with van der Waals surface area (Å²) in [5.41, 5.74) is 3.00. The molecule has 0 bridgehead atoms. The summed E-state index contributed by atoms with van der Waals surface area (Å²) in [4.78, 5) is 17.1. The maximum atomic E-state index is 13.0. The minimum absolute atomic E-state index is 0.0392. The van der Waals surface area contributed by atoms with Gasteiger partial charge in [-0.15, -0.1) is 0 Å². The molecule has 27 heavy (non-hydrogen) atoms. The summed E-state index contributed by atoms with van der Waals surface area (Å²) in [5.74, 6) is 0.913. The third-order valence-corrected chi connectivity index (χ3v) is 5.07. The number of anilines is 1. The van der Waals surface area contributed by atoms with E-state index in [-0.39, 0.29) is 5.91 Å². The van der Waals surface area contributed by atoms with Gasteiger partial charge in [0.2, 0.25) is 0 Å². The lowest BCUT2D eigenvalue weighted by atomic mass is 10.1. The summed E-state index contributed by atoms with van der Waals surface area (Å²) in [5, 5.41) is 0.387. The second kappa shape index (κ2) is 8.53. The molecule has 0 radical (unpaired) electrons. The van der Waals surface area contributed by atoms with E-state index in [0.717, 1.165) is 13.1 Å². The maximum Gasteiger partial charge on any atom is 0.254 e. The fourth-order valence-electron chi connectivity index (χ4n) is 3.38. The first-order chi connectivity index (χ1) is 13.0. The normalized spacial score (nSPS) is 14.2. The first-order valence-electron chi connectivity index (χ1n) is 9.15. The van der Waals surface area contributed by atoms with Crippen molar-refractivity contribution in [1.29, 1.82) is 0 Å². The van der Waals surface area contributed by atoms with E-state index in [9.17, 15) is 4.79 Å². The Morgan fingerprint density at radius 1 is 1.15 bits per heavy atom. The van der Waals surface area contributed by atoms with Gasteiger partial charge in [0, 0.05) is 37.4 Å². The summed E-state index contributed by atoms with van der Waals surface area (Å²) in [7, 11) is 1.55. The van der Waals surface area contributed by atoms with E-state index in [1.165, 1.54) is 11.3 Å². The molecule has 0 aromatic heterocycles. The van der Waals surface area contributed by atoms with Gasteiger partial charge in [0.15, 0.2) is 11.5 Å². The Kier molecular flexibility index (Phi) is 6.11. The number of piperazine rings is 1. The van der Waals surface area contributed by atoms with Gasteiger partial charge >= 0.3 is 0 Å². The summed E-state index contributed by atoms with van der Waals surface area (Å²) < 4.78 is 10.9. The van der Waals surface area contributed by atoms with E-state index < -0.39 is 0 Å². The average Bonchev–Trinajstić information content (AvgIpc) is 2.69. The minimum Gasteiger partial charge on any atom is -0.493 e. The van der Waals surface area contributed by atoms with Crippen molar-refractivity contribution in [2.75, 3.05) is 44.8 Å². The predicted octanol–water partition coefficient (Wildman–Crippen LogP) is 4.02. The average molecular weight is 389 g/mol. The molecule has 1 saturated heterocycles. The summed E-state index contributed by atoms with van der Waals surface area (Å²) in [6, 6.07) is 11.7. The summed E-state index contributed by atoms with van der Waals surface area (Å²) in [6.45, 7) is 7.41. The van der Waals surface area contributed by atoms with E-state index in [1.807, 2.05) is 24.0 Å². The second-order valence-corrected chi connectivity index (χ2v) is 6.90. The fraction of sp³-hybridized carbons (Fsp3) is 0.381. The van der Waals surface area contributed by atoms with Gasteiger partial charge in [-0.3, -0.25) is 4.79 Å². The smallest absolute Gasteiger partial charge is 0.254 e. The highest BCUT2D eigenvalue weighted by Gasteiger charge is 2.24. The fourth-order valence-corrected chi connectivity index (χ4v) is 3.64. The number of halogens is 1. The topological polar surface area (TPSA) is 42.0 Å². The van der Waals surface area contributed by atoms with Crippen molar-refractivity contribution >= 4 is 23.2 Å². The van der Waals surface area contributed by atoms with E-state index >= 15 is 0 Å². The number of hydrogen-bond donors (Lipinski definition) is 0. The van der Waals surface area contributed by atoms with Gasteiger partial charge in [-0.25, -0.2) is 0 Å². The second-order valence-electron chi connectivity index (χ2n) is 6.49. The Labute approximate surface area is 165 Å². The van der Waals surface area contributed by atoms with Crippen LogP contribution in [0, 0.1) is 6.92 Å². The highest BCUT2D eigenvalue weighted by Crippen LogP contribution is 2.36. The highest BCUT2D eigenvalue weighted by atomic mass is 35.5. The first-order valence-corrected chi connectivity index (χ1v) is 9.53. The van der Waals surface area contributed by atoms with Gasteiger partial charge in [-0.2, -0.15) is 0 Å². The molecule has 0 atom stereocenters. The van der Waals surface area contributed by atoms with Crippen LogP contribution in [0.2, 0.25) is 5.02 Å². The molecule has 1 heterocycles. The van der Waals surface area contributed by atoms with Gasteiger partial charge in [0.1, 0.15) is 0 Å². The van der Waals surface area contributed by atoms with Crippen LogP contribution in [-0.2, 0) is 0 Å². The lowest BCUT2D eigenvalue weighted by Gasteiger charge is -2.37. The Hall–Kier alpha value is -2.40. The van der Waals surface area contributed by atoms with Crippen molar-refractivity contribution in [1.82, 2.24) is 4.90 Å². The molecule has 1 fully saturated rings. The molecule has 5 nitrogen and oxygen atoms in total. The van der Waals surface area contributed by atoms with Crippen molar-refractivity contribution in [2.24, 2.45) is 0 Å². The number of amides is 1. The van der Waals surface area contributed by atoms with Gasteiger partial charge in [0.05, 0.1) is 18.7 Å². The quantitative estimate of drug-likeness (QED) is 0.775. The molecule has 1 amide bonds. The third-order valence-electron chi connectivity index (χ3n) is 4.79. The van der Waals surface area contributed by atoms with Gasteiger partial charge in [0.25, 0.3) is 5.91 Å². The molecule has 3 rings (SSSR count). The molecule has 2 aromatic rings. The minimum atomic E-state index is -0.0392. The Morgan fingerprint density at radius 3 is 2.48 bits per heavy atom. The molecule has 1 aliphatic rings. The van der Waals surface area contributed by atoms with Crippen LogP contribution in [-0.4, -0.2) is 50.7 Å². The largest absolute Gasteiger partial charge is 0.493 e. The zero-order valence-electron chi connectivity index (χ0n) is 16.0. The van der Waals surface area contributed by atoms with Gasteiger partial charge in [-0.05, 0) is 37.6 Å². The molecule has 0 N–H and O–H groups in total. The van der Waals surface area contributed by atoms with Crippen LogP contribution >= 0.6 is 11.6 Å². The highest BCUT2D eigenvalue weighted by molar-refractivity contribution is 6.32. The monoisotopic (exact) mass is 388 g/mol. The van der Waals surface area contributed by atoms with Crippen molar-refractivity contribution in [2.45, 2.75) is 13.8 Å². The molecule has 1 aliphatic heterocycles. The molecule has 6 heteroatoms. The van der Waals surface area contributed by atoms with Gasteiger partial charge in [-0.1, -0.05) is 29.8 Å². The summed E-state index contributed by atoms with van der Waals surface area (Å²) in [6.07, 6.45) is 0. The number of benzene rings is 2. The zero-order valence-corrected chi connectivity index (χ0v) is 16.8. The number of para-hydroxylation sites is 1. The molecule has 0 aliphatic carbocycles. The lowest BCUT2D eigenvalue weighted by Crippen LogP contribution is -2.49. The van der Waals surface area contributed by atoms with E-state index in [1.54, 1.807) is 19.2 Å². The van der Waals surface area contributed by atoms with E-state index in [4.69, 9.17) is 21.1 Å². The predicted molar refractivity (Wildman–Crippen MR) is 108 cm³/mol. The Morgan fingerprint density at radius 2 is 1.85 bits per heavy atom. The number of carbonyl (C=O) groups excluding carboxylic acids is 1. The van der Waals surface area contributed by atoms with Crippen molar-refractivity contribution in [3.8, 4) is 11.5 Å². The summed E-state index contributed by atoms with van der Waals surface area (Å²) >= 11 is 6.31. The van der Waals surface area contributed by atoms with Gasteiger partial charge < -0.3 is 19.3 Å². The molecular weight excluding hydrogens is 364 g/mol. The number of nitrogens with zero attached hydrogens (tertiary/aromatic N) is 2. The number of hydrogen-bond acceptors (Lipinski definition) is 4. The third kappa shape index (κ3) is 4.14. The van der Waals surface area contributed by atoms with E-state index in [2.05, 4.69) is 24.0 Å². The zero-order chi connectivity index (χ0) is 19.4. The van der Waals surface area contributed by atoms with Crippen molar-refractivity contribution in [3.63, 3.8) is 0 Å². The van der Waals surface area contributed by atoms with Crippen LogP contribution in [0.3, 0.4) is 0 Å². The van der Waals surface area contributed by atoms with Crippen molar-refractivity contribution in [3.05, 3.63) is 52.5 Å². The first kappa shape index (κ1) is 19.4. The Bertz CT molecular complexity index is 817. The SMILES string of the molecule is CCOc1c(Cl)cc(C(=O)N2CCN(c3ccccc3C)CC2)cc1OC. The molecule has 144 valence electrons. The van der Waals surface area contributed by atoms with Crippen LogP contribution in [0.1, 0.15) is 22.8 Å². The molecule has 0 spiro atoms. The maximum absolute atomic E-state index is 13.0. The number of ether oxygens (including phenoxy) is 2. The van der Waals surface area contributed by atoms with Crippen LogP contribution in [0.15, 0.2) is 36.4 Å². The van der Waals surface area contributed by atoms with Crippen LogP contribution in [0.4, 0.5) is 5.69 Å². The van der Waals surface area contributed by atoms with E-state index in [0.29, 0.717) is 41.8 Å². The van der Waals surface area contributed by atoms with Crippen molar-refractivity contribution < 1.29 is 14.3 Å². The molecular formula is C21H25ClN2O3. The number of rotatable bonds is 5. The number of aryl methyl sites for hydroxylation is 1. The standard InChI is InChI=1S/C21H25ClN2O3/c1-4-27-20-17(22)13-16(14-19(20)26-3)21(25)24-11-9-23(10-12-24)18-8-6-5-7-15(18)2/h5-8,13-14H,4,9-12H2,1-3H3. The molecule has 2 aromatic carbocycles. The molecule has 0 unspecified atom stereocenters. The van der Waals surface area contributed by atoms with Crippen LogP contribution in [0.25, 0.3) is 0 Å². The van der Waals surface area contributed by atoms with Crippen LogP contribution in [0.5, 0.6) is 11.5 Å². The van der Waals surface area contributed by atoms with Crippen LogP contribution < -0.4 is 14.4 Å². The number of carbonyl (C=O) groups is 1. The molecule has 0 saturated carbocycles. The Balaban J connectivity index is 1.72. The number of methoxy groups -OCH3 is 1. The lowest BCUT2D eigenvalue weighted by molar-refractivity contribution is 0.0746.